The first-order valence-corrected chi connectivity index (χ1v) is 8.39. The zero-order valence-corrected chi connectivity index (χ0v) is 14.9. The Hall–Kier alpha value is -0.300. The van der Waals surface area contributed by atoms with E-state index >= 15 is 0 Å². The Morgan fingerprint density at radius 2 is 2.10 bits per heavy atom. The predicted octanol–water partition coefficient (Wildman–Crippen LogP) is 4.72. The van der Waals surface area contributed by atoms with Crippen molar-refractivity contribution in [2.24, 2.45) is 0 Å². The van der Waals surface area contributed by atoms with Crippen molar-refractivity contribution in [3.8, 4) is 5.75 Å². The first kappa shape index (κ1) is 14.6. The summed E-state index contributed by atoms with van der Waals surface area (Å²) in [5.74, 6) is 0.801. The fourth-order valence-corrected chi connectivity index (χ4v) is 3.41. The van der Waals surface area contributed by atoms with Crippen LogP contribution in [0.15, 0.2) is 34.8 Å². The summed E-state index contributed by atoms with van der Waals surface area (Å²) in [5, 5.41) is 11.3. The van der Waals surface area contributed by atoms with E-state index in [1.165, 1.54) is 0 Å². The molecule has 5 heteroatoms. The molecule has 1 heterocycles. The molecule has 1 unspecified atom stereocenters. The molecule has 20 heavy (non-hydrogen) atoms. The SMILES string of the molecule is OC(c1ccc(I)c(Cl)c1)c1cc(Br)cc2c1OCC2. The van der Waals surface area contributed by atoms with Crippen LogP contribution in [0.5, 0.6) is 5.75 Å². The summed E-state index contributed by atoms with van der Waals surface area (Å²) in [6.45, 7) is 0.666. The minimum absolute atomic E-state index is 0.648. The van der Waals surface area contributed by atoms with Crippen LogP contribution < -0.4 is 4.74 Å². The lowest BCUT2D eigenvalue weighted by Crippen LogP contribution is -2.03. The molecule has 2 aromatic carbocycles. The van der Waals surface area contributed by atoms with Crippen molar-refractivity contribution in [2.45, 2.75) is 12.5 Å². The molecule has 104 valence electrons. The van der Waals surface area contributed by atoms with Crippen molar-refractivity contribution < 1.29 is 9.84 Å². The monoisotopic (exact) mass is 464 g/mol. The molecule has 1 aliphatic rings. The lowest BCUT2D eigenvalue weighted by Gasteiger charge is -2.16. The molecule has 0 saturated carbocycles. The van der Waals surface area contributed by atoms with Crippen LogP contribution in [0.4, 0.5) is 0 Å². The number of aliphatic hydroxyl groups excluding tert-OH is 1. The number of aliphatic hydroxyl groups is 1. The van der Waals surface area contributed by atoms with Crippen LogP contribution >= 0.6 is 50.1 Å². The highest BCUT2D eigenvalue weighted by Gasteiger charge is 2.23. The number of fused-ring (bicyclic) bond motifs is 1. The Morgan fingerprint density at radius 3 is 2.85 bits per heavy atom. The van der Waals surface area contributed by atoms with Crippen LogP contribution in [0.1, 0.15) is 22.8 Å². The number of rotatable bonds is 2. The maximum Gasteiger partial charge on any atom is 0.128 e. The molecule has 1 N–H and O–H groups in total. The molecule has 2 nitrogen and oxygen atoms in total. The normalized spacial score (nSPS) is 14.8. The quantitative estimate of drug-likeness (QED) is 0.651. The second-order valence-electron chi connectivity index (χ2n) is 4.66. The van der Waals surface area contributed by atoms with E-state index in [4.69, 9.17) is 16.3 Å². The van der Waals surface area contributed by atoms with Gasteiger partial charge in [0.2, 0.25) is 0 Å². The van der Waals surface area contributed by atoms with Gasteiger partial charge in [0.25, 0.3) is 0 Å². The van der Waals surface area contributed by atoms with Crippen LogP contribution in [0.25, 0.3) is 0 Å². The minimum atomic E-state index is -0.742. The van der Waals surface area contributed by atoms with Crippen molar-refractivity contribution >= 4 is 50.1 Å². The lowest BCUT2D eigenvalue weighted by atomic mass is 9.98. The molecule has 2 aromatic rings. The summed E-state index contributed by atoms with van der Waals surface area (Å²) >= 11 is 11.8. The van der Waals surface area contributed by atoms with Crippen LogP contribution in [0, 0.1) is 3.57 Å². The van der Waals surface area contributed by atoms with Crippen LogP contribution in [-0.4, -0.2) is 11.7 Å². The van der Waals surface area contributed by atoms with Gasteiger partial charge in [-0.2, -0.15) is 0 Å². The fourth-order valence-electron chi connectivity index (χ4n) is 2.36. The van der Waals surface area contributed by atoms with Crippen molar-refractivity contribution in [2.75, 3.05) is 6.61 Å². The summed E-state index contributed by atoms with van der Waals surface area (Å²) in [6, 6.07) is 9.54. The van der Waals surface area contributed by atoms with Crippen molar-refractivity contribution in [3.63, 3.8) is 0 Å². The van der Waals surface area contributed by atoms with E-state index in [2.05, 4.69) is 38.5 Å². The highest BCUT2D eigenvalue weighted by atomic mass is 127. The van der Waals surface area contributed by atoms with Crippen molar-refractivity contribution in [1.82, 2.24) is 0 Å². The standard InChI is InChI=1S/C15H11BrClIO2/c16-10-5-9-3-4-20-15(9)11(7-10)14(19)8-1-2-13(18)12(17)6-8/h1-2,5-7,14,19H,3-4H2. The molecule has 0 aliphatic carbocycles. The number of benzene rings is 2. The topological polar surface area (TPSA) is 29.5 Å². The summed E-state index contributed by atoms with van der Waals surface area (Å²) in [4.78, 5) is 0. The molecule has 3 rings (SSSR count). The number of hydrogen-bond acceptors (Lipinski definition) is 2. The van der Waals surface area contributed by atoms with E-state index in [1.54, 1.807) is 6.07 Å². The molecule has 0 spiro atoms. The highest BCUT2D eigenvalue weighted by molar-refractivity contribution is 14.1. The molecule has 1 aliphatic heterocycles. The van der Waals surface area contributed by atoms with Gasteiger partial charge in [-0.15, -0.1) is 0 Å². The van der Waals surface area contributed by atoms with Gasteiger partial charge >= 0.3 is 0 Å². The van der Waals surface area contributed by atoms with E-state index < -0.39 is 6.10 Å². The van der Waals surface area contributed by atoms with E-state index in [0.717, 1.165) is 36.9 Å². The Kier molecular flexibility index (Phi) is 4.26. The summed E-state index contributed by atoms with van der Waals surface area (Å²) < 4.78 is 7.59. The third-order valence-electron chi connectivity index (χ3n) is 3.33. The summed E-state index contributed by atoms with van der Waals surface area (Å²) in [7, 11) is 0. The smallest absolute Gasteiger partial charge is 0.128 e. The number of ether oxygens (including phenoxy) is 1. The van der Waals surface area contributed by atoms with Gasteiger partial charge in [0.1, 0.15) is 11.9 Å². The average molecular weight is 466 g/mol. The number of halogens is 3. The van der Waals surface area contributed by atoms with E-state index in [0.29, 0.717) is 11.6 Å². The number of hydrogen-bond donors (Lipinski definition) is 1. The zero-order valence-electron chi connectivity index (χ0n) is 10.4. The minimum Gasteiger partial charge on any atom is -0.493 e. The first-order valence-electron chi connectivity index (χ1n) is 6.14. The molecule has 0 amide bonds. The zero-order chi connectivity index (χ0) is 14.3. The second-order valence-corrected chi connectivity index (χ2v) is 7.14. The average Bonchev–Trinajstić information content (AvgIpc) is 2.88. The highest BCUT2D eigenvalue weighted by Crippen LogP contribution is 2.39. The van der Waals surface area contributed by atoms with Crippen molar-refractivity contribution in [1.29, 1.82) is 0 Å². The fraction of sp³-hybridized carbons (Fsp3) is 0.200. The lowest BCUT2D eigenvalue weighted by molar-refractivity contribution is 0.213. The van der Waals surface area contributed by atoms with E-state index in [1.807, 2.05) is 24.3 Å². The van der Waals surface area contributed by atoms with E-state index in [-0.39, 0.29) is 0 Å². The molecule has 0 bridgehead atoms. The second kappa shape index (κ2) is 5.83. The third kappa shape index (κ3) is 2.71. The van der Waals surface area contributed by atoms with Gasteiger partial charge < -0.3 is 9.84 Å². The Bertz CT molecular complexity index is 675. The Morgan fingerprint density at radius 1 is 1.30 bits per heavy atom. The largest absolute Gasteiger partial charge is 0.493 e. The van der Waals surface area contributed by atoms with Gasteiger partial charge in [-0.25, -0.2) is 0 Å². The van der Waals surface area contributed by atoms with Crippen LogP contribution in [-0.2, 0) is 6.42 Å². The summed E-state index contributed by atoms with van der Waals surface area (Å²) in [6.07, 6.45) is 0.135. The van der Waals surface area contributed by atoms with Gasteiger partial charge in [0.15, 0.2) is 0 Å². The van der Waals surface area contributed by atoms with Gasteiger partial charge in [-0.3, -0.25) is 0 Å². The maximum absolute atomic E-state index is 10.6. The first-order chi connectivity index (χ1) is 9.56. The molecule has 0 radical (unpaired) electrons. The Balaban J connectivity index is 2.06. The van der Waals surface area contributed by atoms with E-state index in [9.17, 15) is 5.11 Å². The van der Waals surface area contributed by atoms with Crippen molar-refractivity contribution in [3.05, 3.63) is 60.1 Å². The Labute approximate surface area is 144 Å². The maximum atomic E-state index is 10.6. The van der Waals surface area contributed by atoms with Crippen LogP contribution in [0.3, 0.4) is 0 Å². The van der Waals surface area contributed by atoms with Gasteiger partial charge in [-0.1, -0.05) is 33.6 Å². The molecule has 0 fully saturated rings. The third-order valence-corrected chi connectivity index (χ3v) is 5.36. The molecule has 0 aromatic heterocycles. The van der Waals surface area contributed by atoms with Crippen LogP contribution in [0.2, 0.25) is 5.02 Å². The summed E-state index contributed by atoms with van der Waals surface area (Å²) in [5.41, 5.74) is 2.68. The van der Waals surface area contributed by atoms with Gasteiger partial charge in [0.05, 0.1) is 11.6 Å². The molecular formula is C15H11BrClIO2. The van der Waals surface area contributed by atoms with Gasteiger partial charge in [-0.05, 0) is 58.0 Å². The molecule has 1 atom stereocenters. The molecular weight excluding hydrogens is 454 g/mol. The molecule has 0 saturated heterocycles. The van der Waals surface area contributed by atoms with Gasteiger partial charge in [0, 0.05) is 20.0 Å². The predicted molar refractivity (Wildman–Crippen MR) is 91.6 cm³/mol.